The van der Waals surface area contributed by atoms with Crippen LogP contribution in [0.5, 0.6) is 0 Å². The first kappa shape index (κ1) is 10.8. The molecule has 0 bridgehead atoms. The van der Waals surface area contributed by atoms with Crippen molar-refractivity contribution in [2.24, 2.45) is 0 Å². The van der Waals surface area contributed by atoms with Crippen molar-refractivity contribution in [3.05, 3.63) is 48.4 Å². The SMILES string of the molecule is OC(CNCc1ccncn1)c1ccco1. The maximum absolute atomic E-state index is 9.70. The first-order valence-electron chi connectivity index (χ1n) is 5.03. The third kappa shape index (κ3) is 2.88. The van der Waals surface area contributed by atoms with Gasteiger partial charge in [-0.05, 0) is 18.2 Å². The molecule has 2 aromatic heterocycles. The van der Waals surface area contributed by atoms with Crippen LogP contribution in [0.25, 0.3) is 0 Å². The molecule has 0 fully saturated rings. The predicted molar refractivity (Wildman–Crippen MR) is 57.4 cm³/mol. The third-order valence-electron chi connectivity index (χ3n) is 2.16. The van der Waals surface area contributed by atoms with E-state index in [1.54, 1.807) is 24.6 Å². The number of aliphatic hydroxyl groups is 1. The van der Waals surface area contributed by atoms with Crippen molar-refractivity contribution in [1.29, 1.82) is 0 Å². The van der Waals surface area contributed by atoms with Gasteiger partial charge in [0.2, 0.25) is 0 Å². The molecule has 2 aromatic rings. The van der Waals surface area contributed by atoms with E-state index in [0.29, 0.717) is 18.8 Å². The van der Waals surface area contributed by atoms with Gasteiger partial charge in [-0.3, -0.25) is 0 Å². The lowest BCUT2D eigenvalue weighted by Gasteiger charge is -2.08. The number of hydrogen-bond acceptors (Lipinski definition) is 5. The minimum atomic E-state index is -0.628. The van der Waals surface area contributed by atoms with Gasteiger partial charge in [0, 0.05) is 19.3 Å². The molecule has 2 heterocycles. The largest absolute Gasteiger partial charge is 0.467 e. The summed E-state index contributed by atoms with van der Waals surface area (Å²) in [5.41, 5.74) is 0.890. The van der Waals surface area contributed by atoms with E-state index in [9.17, 15) is 5.11 Å². The van der Waals surface area contributed by atoms with E-state index in [-0.39, 0.29) is 0 Å². The van der Waals surface area contributed by atoms with Crippen molar-refractivity contribution in [2.45, 2.75) is 12.6 Å². The highest BCUT2D eigenvalue weighted by molar-refractivity contribution is 5.02. The Hall–Kier alpha value is -1.72. The van der Waals surface area contributed by atoms with Gasteiger partial charge in [-0.15, -0.1) is 0 Å². The Morgan fingerprint density at radius 2 is 2.38 bits per heavy atom. The topological polar surface area (TPSA) is 71.2 Å². The van der Waals surface area contributed by atoms with E-state index < -0.39 is 6.10 Å². The van der Waals surface area contributed by atoms with Crippen LogP contribution in [0, 0.1) is 0 Å². The minimum absolute atomic E-state index is 0.428. The highest BCUT2D eigenvalue weighted by Gasteiger charge is 2.09. The maximum atomic E-state index is 9.70. The van der Waals surface area contributed by atoms with Crippen molar-refractivity contribution >= 4 is 0 Å². The van der Waals surface area contributed by atoms with Gasteiger partial charge in [0.25, 0.3) is 0 Å². The van der Waals surface area contributed by atoms with Crippen molar-refractivity contribution in [3.63, 3.8) is 0 Å². The molecule has 2 N–H and O–H groups in total. The second-order valence-corrected chi connectivity index (χ2v) is 3.36. The van der Waals surface area contributed by atoms with Crippen LogP contribution in [0.4, 0.5) is 0 Å². The zero-order chi connectivity index (χ0) is 11.2. The molecule has 0 aliphatic carbocycles. The van der Waals surface area contributed by atoms with Crippen LogP contribution in [-0.4, -0.2) is 21.6 Å². The maximum Gasteiger partial charge on any atom is 0.133 e. The fourth-order valence-electron chi connectivity index (χ4n) is 1.34. The molecule has 0 spiro atoms. The Kier molecular flexibility index (Phi) is 3.63. The molecule has 0 aromatic carbocycles. The Morgan fingerprint density at radius 1 is 1.44 bits per heavy atom. The highest BCUT2D eigenvalue weighted by Crippen LogP contribution is 2.11. The molecule has 5 nitrogen and oxygen atoms in total. The second-order valence-electron chi connectivity index (χ2n) is 3.36. The second kappa shape index (κ2) is 5.39. The van der Waals surface area contributed by atoms with Crippen LogP contribution in [0.3, 0.4) is 0 Å². The van der Waals surface area contributed by atoms with Gasteiger partial charge in [0.05, 0.1) is 12.0 Å². The predicted octanol–water partition coefficient (Wildman–Crippen LogP) is 0.893. The fraction of sp³-hybridized carbons (Fsp3) is 0.273. The molecule has 84 valence electrons. The molecule has 0 aliphatic rings. The van der Waals surface area contributed by atoms with Gasteiger partial charge in [-0.1, -0.05) is 0 Å². The average Bonchev–Trinajstić information content (AvgIpc) is 2.84. The molecule has 5 heteroatoms. The Bertz CT molecular complexity index is 402. The van der Waals surface area contributed by atoms with Crippen LogP contribution >= 0.6 is 0 Å². The van der Waals surface area contributed by atoms with E-state index >= 15 is 0 Å². The lowest BCUT2D eigenvalue weighted by atomic mass is 10.2. The van der Waals surface area contributed by atoms with Crippen molar-refractivity contribution in [1.82, 2.24) is 15.3 Å². The van der Waals surface area contributed by atoms with E-state index in [4.69, 9.17) is 4.42 Å². The average molecular weight is 219 g/mol. The first-order chi connectivity index (χ1) is 7.86. The summed E-state index contributed by atoms with van der Waals surface area (Å²) in [7, 11) is 0. The lowest BCUT2D eigenvalue weighted by Crippen LogP contribution is -2.21. The molecule has 0 saturated carbocycles. The molecule has 0 amide bonds. The van der Waals surface area contributed by atoms with Crippen molar-refractivity contribution < 1.29 is 9.52 Å². The molecular weight excluding hydrogens is 206 g/mol. The van der Waals surface area contributed by atoms with Gasteiger partial charge in [0.15, 0.2) is 0 Å². The number of aromatic nitrogens is 2. The number of nitrogens with zero attached hydrogens (tertiary/aromatic N) is 2. The molecule has 0 radical (unpaired) electrons. The monoisotopic (exact) mass is 219 g/mol. The van der Waals surface area contributed by atoms with Gasteiger partial charge in [0.1, 0.15) is 18.2 Å². The number of aliphatic hydroxyl groups excluding tert-OH is 1. The summed E-state index contributed by atoms with van der Waals surface area (Å²) in [6.45, 7) is 1.03. The Morgan fingerprint density at radius 3 is 3.06 bits per heavy atom. The molecule has 0 aliphatic heterocycles. The van der Waals surface area contributed by atoms with Crippen molar-refractivity contribution in [2.75, 3.05) is 6.54 Å². The molecular formula is C11H13N3O2. The molecule has 1 unspecified atom stereocenters. The number of rotatable bonds is 5. The summed E-state index contributed by atoms with van der Waals surface area (Å²) in [5, 5.41) is 12.8. The molecule has 1 atom stereocenters. The van der Waals surface area contributed by atoms with E-state index in [1.165, 1.54) is 6.33 Å². The minimum Gasteiger partial charge on any atom is -0.467 e. The normalized spacial score (nSPS) is 12.6. The molecule has 2 rings (SSSR count). The summed E-state index contributed by atoms with van der Waals surface area (Å²) in [4.78, 5) is 7.89. The van der Waals surface area contributed by atoms with E-state index in [2.05, 4.69) is 15.3 Å². The van der Waals surface area contributed by atoms with Gasteiger partial charge < -0.3 is 14.8 Å². The van der Waals surface area contributed by atoms with Gasteiger partial charge in [-0.25, -0.2) is 9.97 Å². The number of nitrogens with one attached hydrogen (secondary N) is 1. The van der Waals surface area contributed by atoms with Crippen LogP contribution < -0.4 is 5.32 Å². The van der Waals surface area contributed by atoms with Gasteiger partial charge >= 0.3 is 0 Å². The van der Waals surface area contributed by atoms with Gasteiger partial charge in [-0.2, -0.15) is 0 Å². The fourth-order valence-corrected chi connectivity index (χ4v) is 1.34. The number of furan rings is 1. The van der Waals surface area contributed by atoms with E-state index in [1.807, 2.05) is 6.07 Å². The summed E-state index contributed by atoms with van der Waals surface area (Å²) < 4.78 is 5.08. The van der Waals surface area contributed by atoms with Crippen LogP contribution in [0.15, 0.2) is 41.4 Å². The van der Waals surface area contributed by atoms with Crippen LogP contribution in [0.1, 0.15) is 17.6 Å². The number of hydrogen-bond donors (Lipinski definition) is 2. The quantitative estimate of drug-likeness (QED) is 0.781. The summed E-state index contributed by atoms with van der Waals surface area (Å²) >= 11 is 0. The smallest absolute Gasteiger partial charge is 0.133 e. The molecule has 16 heavy (non-hydrogen) atoms. The highest BCUT2D eigenvalue weighted by atomic mass is 16.4. The Balaban J connectivity index is 1.76. The lowest BCUT2D eigenvalue weighted by molar-refractivity contribution is 0.147. The third-order valence-corrected chi connectivity index (χ3v) is 2.16. The zero-order valence-electron chi connectivity index (χ0n) is 8.71. The zero-order valence-corrected chi connectivity index (χ0v) is 8.71. The summed E-state index contributed by atoms with van der Waals surface area (Å²) in [6, 6.07) is 5.33. The summed E-state index contributed by atoms with van der Waals surface area (Å²) in [6.07, 6.45) is 4.10. The van der Waals surface area contributed by atoms with Crippen LogP contribution in [-0.2, 0) is 6.54 Å². The van der Waals surface area contributed by atoms with Crippen LogP contribution in [0.2, 0.25) is 0 Å². The standard InChI is InChI=1S/C11H13N3O2/c15-10(11-2-1-5-16-11)7-13-6-9-3-4-12-8-14-9/h1-5,8,10,13,15H,6-7H2. The molecule has 0 saturated heterocycles. The Labute approximate surface area is 93.2 Å². The first-order valence-corrected chi connectivity index (χ1v) is 5.03. The van der Waals surface area contributed by atoms with Crippen molar-refractivity contribution in [3.8, 4) is 0 Å². The van der Waals surface area contributed by atoms with E-state index in [0.717, 1.165) is 5.69 Å². The summed E-state index contributed by atoms with van der Waals surface area (Å²) in [5.74, 6) is 0.565.